The van der Waals surface area contributed by atoms with Crippen molar-refractivity contribution in [1.29, 1.82) is 26.3 Å². The lowest BCUT2D eigenvalue weighted by atomic mass is 9.96. The van der Waals surface area contributed by atoms with Gasteiger partial charge in [0.1, 0.15) is 11.6 Å². The van der Waals surface area contributed by atoms with Crippen LogP contribution in [0.3, 0.4) is 0 Å². The molecule has 0 aliphatic carbocycles. The van der Waals surface area contributed by atoms with Crippen molar-refractivity contribution in [1.82, 2.24) is 9.13 Å². The van der Waals surface area contributed by atoms with Gasteiger partial charge < -0.3 is 9.13 Å². The molecular weight excluding hydrogens is 960 g/mol. The molecule has 0 bridgehead atoms. The van der Waals surface area contributed by atoms with Crippen molar-refractivity contribution < 1.29 is 13.2 Å². The highest BCUT2D eigenvalue weighted by atomic mass is 19.4. The minimum atomic E-state index is -4.68. The molecule has 7 nitrogen and oxygen atoms in total. The van der Waals surface area contributed by atoms with Crippen LogP contribution in [0.15, 0.2) is 200 Å². The van der Waals surface area contributed by atoms with Gasteiger partial charge in [-0.3, -0.25) is 0 Å². The number of aromatic nitrogens is 2. The standard InChI is InChI=1S/C67H36F3N7/c1-40-26-49(28-51(27-40)67(68,69)70)50-33-65(76-61-29-41(52-14-6-2-10-45(52)35-71)18-22-56(61)57-23-19-42(30-62(57)76)53-15-7-3-11-46(53)36-72)60(39-75)66(34-50)77-63-31-43(54-16-8-4-12-47(54)37-73)20-24-58(63)59-25-21-44(32-64(59)77)55-17-9-5-13-48(55)38-74/h2-34H,1H3. The number of hydrogen-bond acceptors (Lipinski definition) is 5. The first-order chi connectivity index (χ1) is 37.5. The Bertz CT molecular complexity index is 4220. The Balaban J connectivity index is 1.27. The van der Waals surface area contributed by atoms with E-state index in [1.54, 1.807) is 73.7 Å². The molecule has 0 N–H and O–H groups in total. The van der Waals surface area contributed by atoms with Gasteiger partial charge in [-0.2, -0.15) is 39.5 Å². The van der Waals surface area contributed by atoms with Crippen molar-refractivity contribution in [3.63, 3.8) is 0 Å². The van der Waals surface area contributed by atoms with Crippen LogP contribution in [0.25, 0.3) is 111 Å². The van der Waals surface area contributed by atoms with Gasteiger partial charge in [0.15, 0.2) is 0 Å². The summed E-state index contributed by atoms with van der Waals surface area (Å²) in [5.41, 5.74) is 11.0. The minimum absolute atomic E-state index is 0.173. The summed E-state index contributed by atoms with van der Waals surface area (Å²) in [5, 5.41) is 56.3. The van der Waals surface area contributed by atoms with Crippen LogP contribution < -0.4 is 0 Å². The van der Waals surface area contributed by atoms with Gasteiger partial charge in [0, 0.05) is 21.5 Å². The molecule has 0 saturated heterocycles. The third-order valence-electron chi connectivity index (χ3n) is 14.4. The average Bonchev–Trinajstić information content (AvgIpc) is 4.20. The summed E-state index contributed by atoms with van der Waals surface area (Å²) in [5.74, 6) is 0. The van der Waals surface area contributed by atoms with E-state index in [2.05, 4.69) is 30.3 Å². The number of benzene rings is 10. The zero-order valence-electron chi connectivity index (χ0n) is 40.8. The maximum absolute atomic E-state index is 14.9. The Labute approximate surface area is 439 Å². The Morgan fingerprint density at radius 2 is 0.649 bits per heavy atom. The second-order valence-electron chi connectivity index (χ2n) is 18.8. The van der Waals surface area contributed by atoms with Crippen LogP contribution in [0.1, 0.15) is 38.9 Å². The van der Waals surface area contributed by atoms with Gasteiger partial charge >= 0.3 is 6.18 Å². The molecule has 0 fully saturated rings. The third-order valence-corrected chi connectivity index (χ3v) is 14.4. The molecule has 0 aliphatic rings. The van der Waals surface area contributed by atoms with Gasteiger partial charge in [0.2, 0.25) is 0 Å². The maximum atomic E-state index is 14.9. The largest absolute Gasteiger partial charge is 0.416 e. The normalized spacial score (nSPS) is 11.3. The van der Waals surface area contributed by atoms with Crippen molar-refractivity contribution in [3.8, 4) is 97.4 Å². The van der Waals surface area contributed by atoms with Gasteiger partial charge in [-0.25, -0.2) is 0 Å². The first kappa shape index (κ1) is 47.1. The molecule has 12 rings (SSSR count). The number of alkyl halides is 3. The molecule has 10 heteroatoms. The van der Waals surface area contributed by atoms with Crippen molar-refractivity contribution in [2.24, 2.45) is 0 Å². The highest BCUT2D eigenvalue weighted by Gasteiger charge is 2.32. The minimum Gasteiger partial charge on any atom is -0.308 e. The number of hydrogen-bond donors (Lipinski definition) is 0. The lowest BCUT2D eigenvalue weighted by Gasteiger charge is -2.20. The van der Waals surface area contributed by atoms with Gasteiger partial charge in [0.25, 0.3) is 0 Å². The molecule has 2 heterocycles. The number of rotatable bonds is 7. The molecule has 0 atom stereocenters. The van der Waals surface area contributed by atoms with Gasteiger partial charge in [-0.05, 0) is 141 Å². The number of nitrogens with zero attached hydrogens (tertiary/aromatic N) is 7. The maximum Gasteiger partial charge on any atom is 0.416 e. The Morgan fingerprint density at radius 3 is 0.948 bits per heavy atom. The quantitative estimate of drug-likeness (QED) is 0.157. The van der Waals surface area contributed by atoms with Gasteiger partial charge in [0.05, 0.1) is 85.5 Å². The molecule has 10 aromatic carbocycles. The van der Waals surface area contributed by atoms with Crippen molar-refractivity contribution in [2.75, 3.05) is 0 Å². The molecule has 0 spiro atoms. The monoisotopic (exact) mass is 995 g/mol. The van der Waals surface area contributed by atoms with Crippen molar-refractivity contribution in [2.45, 2.75) is 13.1 Å². The molecule has 360 valence electrons. The molecule has 0 aliphatic heterocycles. The Hall–Kier alpha value is -11.0. The van der Waals surface area contributed by atoms with E-state index in [4.69, 9.17) is 0 Å². The number of nitriles is 5. The summed E-state index contributed by atoms with van der Waals surface area (Å²) in [7, 11) is 0. The smallest absolute Gasteiger partial charge is 0.308 e. The van der Waals surface area contributed by atoms with E-state index in [9.17, 15) is 39.5 Å². The summed E-state index contributed by atoms with van der Waals surface area (Å²) in [4.78, 5) is 0. The zero-order valence-corrected chi connectivity index (χ0v) is 40.8. The highest BCUT2D eigenvalue weighted by molar-refractivity contribution is 6.13. The van der Waals surface area contributed by atoms with Crippen molar-refractivity contribution in [3.05, 3.63) is 239 Å². The molecule has 0 unspecified atom stereocenters. The molecule has 0 amide bonds. The molecule has 2 aromatic heterocycles. The second-order valence-corrected chi connectivity index (χ2v) is 18.8. The second kappa shape index (κ2) is 18.5. The average molecular weight is 996 g/mol. The molecule has 12 aromatic rings. The fourth-order valence-electron chi connectivity index (χ4n) is 10.9. The predicted octanol–water partition coefficient (Wildman–Crippen LogP) is 16.9. The first-order valence-corrected chi connectivity index (χ1v) is 24.4. The van der Waals surface area contributed by atoms with Crippen LogP contribution in [0.5, 0.6) is 0 Å². The van der Waals surface area contributed by atoms with Gasteiger partial charge in [-0.15, -0.1) is 0 Å². The first-order valence-electron chi connectivity index (χ1n) is 24.4. The summed E-state index contributed by atoms with van der Waals surface area (Å²) in [6.45, 7) is 1.62. The fourth-order valence-corrected chi connectivity index (χ4v) is 10.9. The third kappa shape index (κ3) is 7.89. The number of fused-ring (bicyclic) bond motifs is 6. The SMILES string of the molecule is Cc1cc(-c2cc(-n3c4cc(-c5ccccc5C#N)ccc4c4ccc(-c5ccccc5C#N)cc43)c(C#N)c(-n3c4cc(-c5ccccc5C#N)ccc4c4ccc(-c5ccccc5C#N)cc43)c2)cc(C(F)(F)F)c1. The van der Waals surface area contributed by atoms with Crippen LogP contribution in [-0.2, 0) is 6.18 Å². The number of halogens is 3. The number of aryl methyl sites for hydroxylation is 1. The summed E-state index contributed by atoms with van der Waals surface area (Å²) in [6, 6.07) is 71.9. The van der Waals surface area contributed by atoms with Crippen LogP contribution in [0.2, 0.25) is 0 Å². The topological polar surface area (TPSA) is 129 Å². The molecular formula is C67H36F3N7. The lowest BCUT2D eigenvalue weighted by Crippen LogP contribution is -2.07. The summed E-state index contributed by atoms with van der Waals surface area (Å²) in [6.07, 6.45) is -4.68. The molecule has 0 radical (unpaired) electrons. The van der Waals surface area contributed by atoms with E-state index in [0.717, 1.165) is 55.9 Å². The van der Waals surface area contributed by atoms with E-state index in [-0.39, 0.29) is 11.1 Å². The zero-order chi connectivity index (χ0) is 53.1. The van der Waals surface area contributed by atoms with E-state index in [1.807, 2.05) is 130 Å². The Morgan fingerprint density at radius 1 is 0.338 bits per heavy atom. The van der Waals surface area contributed by atoms with E-state index >= 15 is 0 Å². The van der Waals surface area contributed by atoms with Gasteiger partial charge in [-0.1, -0.05) is 127 Å². The van der Waals surface area contributed by atoms with E-state index < -0.39 is 11.7 Å². The van der Waals surface area contributed by atoms with Crippen molar-refractivity contribution >= 4 is 43.6 Å². The van der Waals surface area contributed by atoms with Crippen LogP contribution in [0, 0.1) is 63.6 Å². The fraction of sp³-hybridized carbons (Fsp3) is 0.0299. The highest BCUT2D eigenvalue weighted by Crippen LogP contribution is 2.45. The van der Waals surface area contributed by atoms with Crippen LogP contribution in [-0.4, -0.2) is 9.13 Å². The van der Waals surface area contributed by atoms with E-state index in [1.165, 1.54) is 0 Å². The van der Waals surface area contributed by atoms with Crippen LogP contribution >= 0.6 is 0 Å². The Kier molecular flexibility index (Phi) is 11.3. The molecule has 0 saturated carbocycles. The lowest BCUT2D eigenvalue weighted by molar-refractivity contribution is -0.137. The molecule has 77 heavy (non-hydrogen) atoms. The van der Waals surface area contributed by atoms with E-state index in [0.29, 0.717) is 89.1 Å². The summed E-state index contributed by atoms with van der Waals surface area (Å²) < 4.78 is 48.6. The van der Waals surface area contributed by atoms with Crippen LogP contribution in [0.4, 0.5) is 13.2 Å². The predicted molar refractivity (Wildman–Crippen MR) is 296 cm³/mol. The summed E-state index contributed by atoms with van der Waals surface area (Å²) >= 11 is 0.